The summed E-state index contributed by atoms with van der Waals surface area (Å²) in [5, 5.41) is 7.59. The lowest BCUT2D eigenvalue weighted by Crippen LogP contribution is -2.39. The smallest absolute Gasteiger partial charge is 0.247 e. The van der Waals surface area contributed by atoms with E-state index < -0.39 is 0 Å². The molecule has 1 aliphatic heterocycles. The van der Waals surface area contributed by atoms with E-state index in [9.17, 15) is 9.59 Å². The number of aromatic nitrogens is 2. The Morgan fingerprint density at radius 1 is 1.40 bits per heavy atom. The van der Waals surface area contributed by atoms with Gasteiger partial charge in [0.15, 0.2) is 0 Å². The van der Waals surface area contributed by atoms with E-state index in [4.69, 9.17) is 0 Å². The van der Waals surface area contributed by atoms with Crippen molar-refractivity contribution in [2.45, 2.75) is 51.2 Å². The molecule has 1 saturated carbocycles. The van der Waals surface area contributed by atoms with Gasteiger partial charge in [0, 0.05) is 31.4 Å². The highest BCUT2D eigenvalue weighted by Crippen LogP contribution is 2.31. The number of rotatable bonds is 5. The van der Waals surface area contributed by atoms with Crippen LogP contribution >= 0.6 is 0 Å². The Labute approximate surface area is 118 Å². The lowest BCUT2D eigenvalue weighted by molar-refractivity contribution is -0.139. The van der Waals surface area contributed by atoms with Crippen LogP contribution < -0.4 is 5.32 Å². The molecule has 2 aliphatic rings. The Morgan fingerprint density at radius 3 is 2.80 bits per heavy atom. The number of nitrogens with one attached hydrogen (secondary N) is 1. The van der Waals surface area contributed by atoms with Crippen LogP contribution in [0.15, 0.2) is 6.20 Å². The quantitative estimate of drug-likeness (QED) is 0.789. The largest absolute Gasteiger partial charge is 0.301 e. The van der Waals surface area contributed by atoms with Gasteiger partial charge in [0.1, 0.15) is 0 Å². The summed E-state index contributed by atoms with van der Waals surface area (Å²) in [6.07, 6.45) is 5.05. The summed E-state index contributed by atoms with van der Waals surface area (Å²) in [4.78, 5) is 25.5. The second-order valence-corrected chi connectivity index (χ2v) is 5.60. The predicted octanol–water partition coefficient (Wildman–Crippen LogP) is 0.362. The van der Waals surface area contributed by atoms with E-state index in [0.717, 1.165) is 30.5 Å². The van der Waals surface area contributed by atoms with E-state index in [0.29, 0.717) is 6.54 Å². The fourth-order valence-corrected chi connectivity index (χ4v) is 2.79. The summed E-state index contributed by atoms with van der Waals surface area (Å²) < 4.78 is 1.79. The van der Waals surface area contributed by atoms with Crippen LogP contribution in [-0.2, 0) is 29.6 Å². The average molecular weight is 276 g/mol. The molecular formula is C14H20N4O2. The average Bonchev–Trinajstić information content (AvgIpc) is 3.11. The molecule has 2 fully saturated rings. The highest BCUT2D eigenvalue weighted by atomic mass is 16.2. The summed E-state index contributed by atoms with van der Waals surface area (Å²) in [5.74, 6) is -0.0867. The molecule has 0 spiro atoms. The fraction of sp³-hybridized carbons (Fsp3) is 0.643. The first-order valence-corrected chi connectivity index (χ1v) is 7.20. The van der Waals surface area contributed by atoms with Gasteiger partial charge in [0.05, 0.1) is 18.2 Å². The number of imide groups is 1. The monoisotopic (exact) mass is 276 g/mol. The SMILES string of the molecule is CCc1nn(C)cc1CNC1CC(=O)N(C2CC2)C1=O. The molecule has 1 atom stereocenters. The Hall–Kier alpha value is -1.69. The molecule has 0 bridgehead atoms. The number of aryl methyl sites for hydroxylation is 2. The highest BCUT2D eigenvalue weighted by Gasteiger charge is 2.45. The predicted molar refractivity (Wildman–Crippen MR) is 72.7 cm³/mol. The number of hydrogen-bond donors (Lipinski definition) is 1. The van der Waals surface area contributed by atoms with E-state index in [2.05, 4.69) is 17.3 Å². The summed E-state index contributed by atoms with van der Waals surface area (Å²) in [6, 6.07) is -0.195. The van der Waals surface area contributed by atoms with Crippen molar-refractivity contribution < 1.29 is 9.59 Å². The van der Waals surface area contributed by atoms with Gasteiger partial charge in [-0.05, 0) is 19.3 Å². The van der Waals surface area contributed by atoms with Gasteiger partial charge in [-0.25, -0.2) is 0 Å². The molecule has 1 aromatic rings. The lowest BCUT2D eigenvalue weighted by Gasteiger charge is -2.14. The van der Waals surface area contributed by atoms with Gasteiger partial charge in [0.25, 0.3) is 0 Å². The normalized spacial score (nSPS) is 22.9. The Morgan fingerprint density at radius 2 is 2.15 bits per heavy atom. The molecule has 20 heavy (non-hydrogen) atoms. The number of hydrogen-bond acceptors (Lipinski definition) is 4. The van der Waals surface area contributed by atoms with Gasteiger partial charge >= 0.3 is 0 Å². The third-order valence-electron chi connectivity index (χ3n) is 3.96. The van der Waals surface area contributed by atoms with Crippen molar-refractivity contribution in [1.82, 2.24) is 20.0 Å². The number of carbonyl (C=O) groups is 2. The molecule has 1 aliphatic carbocycles. The Bertz CT molecular complexity index is 547. The van der Waals surface area contributed by atoms with Crippen molar-refractivity contribution in [2.75, 3.05) is 0 Å². The fourth-order valence-electron chi connectivity index (χ4n) is 2.79. The molecular weight excluding hydrogens is 256 g/mol. The number of likely N-dealkylation sites (tertiary alicyclic amines) is 1. The van der Waals surface area contributed by atoms with E-state index in [1.165, 1.54) is 4.90 Å². The van der Waals surface area contributed by atoms with Crippen molar-refractivity contribution in [3.63, 3.8) is 0 Å². The summed E-state index contributed by atoms with van der Waals surface area (Å²) in [5.41, 5.74) is 2.14. The minimum absolute atomic E-state index is 0.0306. The molecule has 6 nitrogen and oxygen atoms in total. The zero-order valence-corrected chi connectivity index (χ0v) is 11.9. The van der Waals surface area contributed by atoms with Crippen LogP contribution in [0.3, 0.4) is 0 Å². The molecule has 6 heteroatoms. The molecule has 1 N–H and O–H groups in total. The Kier molecular flexibility index (Phi) is 3.33. The first kappa shape index (κ1) is 13.3. The van der Waals surface area contributed by atoms with Gasteiger partial charge < -0.3 is 5.32 Å². The molecule has 2 heterocycles. The van der Waals surface area contributed by atoms with Crippen LogP contribution in [0.1, 0.15) is 37.4 Å². The molecule has 1 aromatic heterocycles. The maximum atomic E-state index is 12.2. The molecule has 1 unspecified atom stereocenters. The zero-order chi connectivity index (χ0) is 14.3. The van der Waals surface area contributed by atoms with E-state index in [-0.39, 0.29) is 30.3 Å². The van der Waals surface area contributed by atoms with Crippen LogP contribution in [0, 0.1) is 0 Å². The van der Waals surface area contributed by atoms with Crippen molar-refractivity contribution in [1.29, 1.82) is 0 Å². The van der Waals surface area contributed by atoms with Crippen LogP contribution in [-0.4, -0.2) is 38.6 Å². The minimum atomic E-state index is -0.368. The first-order chi connectivity index (χ1) is 9.60. The molecule has 3 rings (SSSR count). The Balaban J connectivity index is 1.64. The van der Waals surface area contributed by atoms with E-state index >= 15 is 0 Å². The third kappa shape index (κ3) is 2.35. The van der Waals surface area contributed by atoms with Crippen molar-refractivity contribution >= 4 is 11.8 Å². The molecule has 0 radical (unpaired) electrons. The topological polar surface area (TPSA) is 67.2 Å². The third-order valence-corrected chi connectivity index (χ3v) is 3.96. The van der Waals surface area contributed by atoms with Gasteiger partial charge in [-0.2, -0.15) is 5.10 Å². The summed E-state index contributed by atoms with van der Waals surface area (Å²) in [6.45, 7) is 2.64. The summed E-state index contributed by atoms with van der Waals surface area (Å²) >= 11 is 0. The zero-order valence-electron chi connectivity index (χ0n) is 11.9. The van der Waals surface area contributed by atoms with Crippen molar-refractivity contribution in [3.05, 3.63) is 17.5 Å². The standard InChI is InChI=1S/C14H20N4O2/c1-3-11-9(8-17(2)16-11)7-15-12-6-13(19)18(14(12)20)10-4-5-10/h8,10,12,15H,3-7H2,1-2H3. The molecule has 2 amide bonds. The van der Waals surface area contributed by atoms with Crippen molar-refractivity contribution in [2.24, 2.45) is 7.05 Å². The first-order valence-electron chi connectivity index (χ1n) is 7.20. The van der Waals surface area contributed by atoms with Gasteiger partial charge in [-0.15, -0.1) is 0 Å². The maximum absolute atomic E-state index is 12.2. The highest BCUT2D eigenvalue weighted by molar-refractivity contribution is 6.06. The van der Waals surface area contributed by atoms with Crippen LogP contribution in [0.2, 0.25) is 0 Å². The lowest BCUT2D eigenvalue weighted by atomic mass is 10.2. The number of nitrogens with zero attached hydrogens (tertiary/aromatic N) is 3. The van der Waals surface area contributed by atoms with Crippen LogP contribution in [0.5, 0.6) is 0 Å². The second-order valence-electron chi connectivity index (χ2n) is 5.60. The van der Waals surface area contributed by atoms with Gasteiger partial charge in [-0.1, -0.05) is 6.92 Å². The van der Waals surface area contributed by atoms with Gasteiger partial charge in [0.2, 0.25) is 11.8 Å². The minimum Gasteiger partial charge on any atom is -0.301 e. The number of carbonyl (C=O) groups excluding carboxylic acids is 2. The van der Waals surface area contributed by atoms with E-state index in [1.54, 1.807) is 4.68 Å². The second kappa shape index (κ2) is 5.01. The molecule has 108 valence electrons. The van der Waals surface area contributed by atoms with Gasteiger partial charge in [-0.3, -0.25) is 19.2 Å². The van der Waals surface area contributed by atoms with Crippen LogP contribution in [0.25, 0.3) is 0 Å². The molecule has 1 saturated heterocycles. The molecule has 0 aromatic carbocycles. The number of amides is 2. The maximum Gasteiger partial charge on any atom is 0.247 e. The summed E-state index contributed by atoms with van der Waals surface area (Å²) in [7, 11) is 1.89. The van der Waals surface area contributed by atoms with E-state index in [1.807, 2.05) is 13.2 Å². The van der Waals surface area contributed by atoms with Crippen molar-refractivity contribution in [3.8, 4) is 0 Å². The van der Waals surface area contributed by atoms with Crippen LogP contribution in [0.4, 0.5) is 0 Å².